The SMILES string of the molecule is CNCc1nnc(-c2cccc(C)c2Br)s1. The fraction of sp³-hybridized carbons (Fsp3) is 0.273. The van der Waals surface area contributed by atoms with Crippen molar-refractivity contribution < 1.29 is 0 Å². The van der Waals surface area contributed by atoms with Gasteiger partial charge in [0.1, 0.15) is 10.0 Å². The van der Waals surface area contributed by atoms with E-state index < -0.39 is 0 Å². The molecule has 0 bridgehead atoms. The molecule has 16 heavy (non-hydrogen) atoms. The molecule has 0 atom stereocenters. The molecule has 1 N–H and O–H groups in total. The predicted octanol–water partition coefficient (Wildman–Crippen LogP) is 3.00. The lowest BCUT2D eigenvalue weighted by Gasteiger charge is -2.02. The average molecular weight is 298 g/mol. The topological polar surface area (TPSA) is 37.8 Å². The van der Waals surface area contributed by atoms with Crippen molar-refractivity contribution in [3.63, 3.8) is 0 Å². The average Bonchev–Trinajstić information content (AvgIpc) is 2.71. The number of aryl methyl sites for hydroxylation is 1. The maximum Gasteiger partial charge on any atom is 0.148 e. The molecule has 0 aliphatic rings. The summed E-state index contributed by atoms with van der Waals surface area (Å²) in [4.78, 5) is 0. The summed E-state index contributed by atoms with van der Waals surface area (Å²) in [7, 11) is 1.91. The van der Waals surface area contributed by atoms with Crippen molar-refractivity contribution in [3.8, 4) is 10.6 Å². The third-order valence-electron chi connectivity index (χ3n) is 2.22. The Hall–Kier alpha value is -0.780. The Bertz CT molecular complexity index is 496. The van der Waals surface area contributed by atoms with Crippen LogP contribution in [0, 0.1) is 6.92 Å². The number of aromatic nitrogens is 2. The minimum atomic E-state index is 0.765. The summed E-state index contributed by atoms with van der Waals surface area (Å²) in [6, 6.07) is 6.17. The molecule has 1 aromatic carbocycles. The van der Waals surface area contributed by atoms with Gasteiger partial charge in [0.2, 0.25) is 0 Å². The van der Waals surface area contributed by atoms with Gasteiger partial charge < -0.3 is 5.32 Å². The highest BCUT2D eigenvalue weighted by Gasteiger charge is 2.10. The highest BCUT2D eigenvalue weighted by atomic mass is 79.9. The number of hydrogen-bond acceptors (Lipinski definition) is 4. The number of rotatable bonds is 3. The molecule has 0 radical (unpaired) electrons. The van der Waals surface area contributed by atoms with E-state index in [1.165, 1.54) is 5.56 Å². The van der Waals surface area contributed by atoms with E-state index in [1.807, 2.05) is 13.1 Å². The second-order valence-electron chi connectivity index (χ2n) is 3.47. The van der Waals surface area contributed by atoms with Gasteiger partial charge in [-0.15, -0.1) is 10.2 Å². The molecule has 5 heteroatoms. The Labute approximate surface area is 107 Å². The summed E-state index contributed by atoms with van der Waals surface area (Å²) in [6.45, 7) is 2.84. The van der Waals surface area contributed by atoms with Gasteiger partial charge in [-0.25, -0.2) is 0 Å². The van der Waals surface area contributed by atoms with Gasteiger partial charge in [0.05, 0.1) is 0 Å². The van der Waals surface area contributed by atoms with Crippen LogP contribution in [0.2, 0.25) is 0 Å². The van der Waals surface area contributed by atoms with Gasteiger partial charge in [0.25, 0.3) is 0 Å². The first-order valence-electron chi connectivity index (χ1n) is 4.95. The fourth-order valence-electron chi connectivity index (χ4n) is 1.40. The van der Waals surface area contributed by atoms with Crippen LogP contribution in [0.3, 0.4) is 0 Å². The molecule has 0 saturated carbocycles. The maximum absolute atomic E-state index is 4.21. The van der Waals surface area contributed by atoms with E-state index in [4.69, 9.17) is 0 Å². The Balaban J connectivity index is 2.39. The summed E-state index contributed by atoms with van der Waals surface area (Å²) in [5, 5.41) is 13.4. The van der Waals surface area contributed by atoms with Crippen molar-refractivity contribution in [1.29, 1.82) is 0 Å². The molecule has 2 aromatic rings. The first-order chi connectivity index (χ1) is 7.72. The van der Waals surface area contributed by atoms with Crippen molar-refractivity contribution in [1.82, 2.24) is 15.5 Å². The van der Waals surface area contributed by atoms with Crippen LogP contribution in [0.25, 0.3) is 10.6 Å². The summed E-state index contributed by atoms with van der Waals surface area (Å²) < 4.78 is 1.10. The van der Waals surface area contributed by atoms with Crippen LogP contribution in [0.1, 0.15) is 10.6 Å². The van der Waals surface area contributed by atoms with Crippen LogP contribution >= 0.6 is 27.3 Å². The van der Waals surface area contributed by atoms with Crippen LogP contribution in [0.4, 0.5) is 0 Å². The van der Waals surface area contributed by atoms with Crippen molar-refractivity contribution in [2.75, 3.05) is 7.05 Å². The third-order valence-corrected chi connectivity index (χ3v) is 4.23. The summed E-state index contributed by atoms with van der Waals surface area (Å²) in [6.07, 6.45) is 0. The molecule has 0 spiro atoms. The molecular weight excluding hydrogens is 286 g/mol. The maximum atomic E-state index is 4.21. The number of benzene rings is 1. The van der Waals surface area contributed by atoms with E-state index in [0.717, 1.165) is 26.6 Å². The van der Waals surface area contributed by atoms with Gasteiger partial charge in [-0.2, -0.15) is 0 Å². The number of nitrogens with zero attached hydrogens (tertiary/aromatic N) is 2. The second-order valence-corrected chi connectivity index (χ2v) is 5.32. The molecule has 1 aromatic heterocycles. The van der Waals surface area contributed by atoms with Gasteiger partial charge in [-0.05, 0) is 35.5 Å². The quantitative estimate of drug-likeness (QED) is 0.946. The summed E-state index contributed by atoms with van der Waals surface area (Å²) in [5.41, 5.74) is 2.32. The third kappa shape index (κ3) is 2.31. The zero-order chi connectivity index (χ0) is 11.5. The van der Waals surface area contributed by atoms with Crippen LogP contribution in [-0.2, 0) is 6.54 Å². The zero-order valence-corrected chi connectivity index (χ0v) is 11.5. The Kier molecular flexibility index (Phi) is 3.68. The van der Waals surface area contributed by atoms with E-state index in [1.54, 1.807) is 11.3 Å². The first kappa shape index (κ1) is 11.7. The lowest BCUT2D eigenvalue weighted by atomic mass is 10.1. The van der Waals surface area contributed by atoms with Crippen LogP contribution in [0.5, 0.6) is 0 Å². The van der Waals surface area contributed by atoms with Gasteiger partial charge in [0, 0.05) is 16.6 Å². The smallest absolute Gasteiger partial charge is 0.148 e. The standard InChI is InChI=1S/C11H12BrN3S/c1-7-4-3-5-8(10(7)12)11-15-14-9(16-11)6-13-2/h3-5,13H,6H2,1-2H3. The fourth-order valence-corrected chi connectivity index (χ4v) is 2.86. The Morgan fingerprint density at radius 3 is 2.94 bits per heavy atom. The van der Waals surface area contributed by atoms with E-state index in [0.29, 0.717) is 0 Å². The van der Waals surface area contributed by atoms with Crippen molar-refractivity contribution >= 4 is 27.3 Å². The summed E-state index contributed by atoms with van der Waals surface area (Å²) in [5.74, 6) is 0. The normalized spacial score (nSPS) is 10.7. The lowest BCUT2D eigenvalue weighted by Crippen LogP contribution is -2.04. The minimum absolute atomic E-state index is 0.765. The molecule has 0 saturated heterocycles. The van der Waals surface area contributed by atoms with E-state index >= 15 is 0 Å². The molecule has 0 aliphatic carbocycles. The molecule has 84 valence electrons. The van der Waals surface area contributed by atoms with Crippen LogP contribution in [-0.4, -0.2) is 17.2 Å². The van der Waals surface area contributed by atoms with E-state index in [-0.39, 0.29) is 0 Å². The van der Waals surface area contributed by atoms with Gasteiger partial charge in [-0.3, -0.25) is 0 Å². The largest absolute Gasteiger partial charge is 0.313 e. The van der Waals surface area contributed by atoms with Crippen LogP contribution < -0.4 is 5.32 Å². The van der Waals surface area contributed by atoms with E-state index in [9.17, 15) is 0 Å². The summed E-state index contributed by atoms with van der Waals surface area (Å²) >= 11 is 5.21. The van der Waals surface area contributed by atoms with Crippen molar-refractivity contribution in [2.45, 2.75) is 13.5 Å². The van der Waals surface area contributed by atoms with Crippen LogP contribution in [0.15, 0.2) is 22.7 Å². The molecule has 0 unspecified atom stereocenters. The molecule has 3 nitrogen and oxygen atoms in total. The van der Waals surface area contributed by atoms with Gasteiger partial charge in [0.15, 0.2) is 0 Å². The minimum Gasteiger partial charge on any atom is -0.313 e. The Morgan fingerprint density at radius 2 is 2.19 bits per heavy atom. The van der Waals surface area contributed by atoms with Gasteiger partial charge in [-0.1, -0.05) is 29.5 Å². The molecular formula is C11H12BrN3S. The first-order valence-corrected chi connectivity index (χ1v) is 6.56. The predicted molar refractivity (Wildman–Crippen MR) is 70.5 cm³/mol. The monoisotopic (exact) mass is 297 g/mol. The zero-order valence-electron chi connectivity index (χ0n) is 9.12. The molecule has 2 rings (SSSR count). The molecule has 1 heterocycles. The van der Waals surface area contributed by atoms with Crippen molar-refractivity contribution in [3.05, 3.63) is 33.2 Å². The molecule has 0 amide bonds. The highest BCUT2D eigenvalue weighted by molar-refractivity contribution is 9.10. The number of hydrogen-bond donors (Lipinski definition) is 1. The number of nitrogens with one attached hydrogen (secondary N) is 1. The Morgan fingerprint density at radius 1 is 1.38 bits per heavy atom. The van der Waals surface area contributed by atoms with E-state index in [2.05, 4.69) is 50.5 Å². The van der Waals surface area contributed by atoms with Gasteiger partial charge >= 0.3 is 0 Å². The molecule has 0 aliphatic heterocycles. The second kappa shape index (κ2) is 5.03. The lowest BCUT2D eigenvalue weighted by molar-refractivity contribution is 0.795. The van der Waals surface area contributed by atoms with Crippen molar-refractivity contribution in [2.24, 2.45) is 0 Å². The highest BCUT2D eigenvalue weighted by Crippen LogP contribution is 2.32. The molecule has 0 fully saturated rings. The number of halogens is 1.